The van der Waals surface area contributed by atoms with Crippen molar-refractivity contribution in [1.82, 2.24) is 0 Å². The van der Waals surface area contributed by atoms with Gasteiger partial charge in [-0.15, -0.1) is 0 Å². The molecule has 1 aromatic carbocycles. The Hall–Kier alpha value is -0.925. The lowest BCUT2D eigenvalue weighted by atomic mass is 9.73. The Morgan fingerprint density at radius 1 is 0.667 bits per heavy atom. The third-order valence-electron chi connectivity index (χ3n) is 3.06. The largest absolute Gasteiger partial charge is 0.207 e. The highest BCUT2D eigenvalue weighted by Crippen LogP contribution is 2.33. The van der Waals surface area contributed by atoms with Gasteiger partial charge < -0.3 is 0 Å². The van der Waals surface area contributed by atoms with E-state index < -0.39 is 28.3 Å². The lowest BCUT2D eigenvalue weighted by Gasteiger charge is -2.28. The lowest BCUT2D eigenvalue weighted by molar-refractivity contribution is 0.418. The third kappa shape index (κ3) is 2.43. The first-order chi connectivity index (χ1) is 7.89. The van der Waals surface area contributed by atoms with Gasteiger partial charge in [-0.1, -0.05) is 41.5 Å². The summed E-state index contributed by atoms with van der Waals surface area (Å²) in [6.07, 6.45) is 0. The molecule has 0 N–H and O–H groups in total. The Morgan fingerprint density at radius 3 is 1.33 bits per heavy atom. The molecular formula is C14H20BF3. The minimum Gasteiger partial charge on any atom is -0.207 e. The molecule has 4 heteroatoms. The number of hydrogen-bond acceptors (Lipinski definition) is 0. The van der Waals surface area contributed by atoms with E-state index in [2.05, 4.69) is 0 Å². The minimum atomic E-state index is -1.06. The molecule has 0 nitrogen and oxygen atoms in total. The summed E-state index contributed by atoms with van der Waals surface area (Å²) >= 11 is 0. The molecule has 0 amide bonds. The van der Waals surface area contributed by atoms with Gasteiger partial charge in [-0.05, 0) is 21.9 Å². The Labute approximate surface area is 108 Å². The normalized spacial score (nSPS) is 12.9. The van der Waals surface area contributed by atoms with Crippen LogP contribution in [0.3, 0.4) is 0 Å². The molecular weight excluding hydrogens is 236 g/mol. The van der Waals surface area contributed by atoms with Gasteiger partial charge in [0.25, 0.3) is 0 Å². The molecule has 0 aliphatic heterocycles. The van der Waals surface area contributed by atoms with E-state index in [-0.39, 0.29) is 16.6 Å². The second kappa shape index (κ2) is 4.32. The van der Waals surface area contributed by atoms with Gasteiger partial charge in [-0.2, -0.15) is 0 Å². The van der Waals surface area contributed by atoms with Gasteiger partial charge in [0.15, 0.2) is 11.6 Å². The predicted molar refractivity (Wildman–Crippen MR) is 71.9 cm³/mol. The molecule has 0 fully saturated rings. The van der Waals surface area contributed by atoms with Crippen LogP contribution in [0, 0.1) is 17.5 Å². The zero-order chi connectivity index (χ0) is 14.5. The van der Waals surface area contributed by atoms with Crippen LogP contribution in [0.5, 0.6) is 0 Å². The van der Waals surface area contributed by atoms with Gasteiger partial charge in [-0.3, -0.25) is 0 Å². The summed E-state index contributed by atoms with van der Waals surface area (Å²) in [5, 5.41) is 0. The first-order valence-electron chi connectivity index (χ1n) is 6.07. The molecule has 1 aromatic rings. The average Bonchev–Trinajstić information content (AvgIpc) is 2.10. The summed E-state index contributed by atoms with van der Waals surface area (Å²) in [5.41, 5.74) is -1.26. The molecule has 0 heterocycles. The van der Waals surface area contributed by atoms with E-state index in [1.807, 2.05) is 0 Å². The van der Waals surface area contributed by atoms with E-state index in [0.29, 0.717) is 0 Å². The van der Waals surface area contributed by atoms with Crippen molar-refractivity contribution in [2.45, 2.75) is 52.4 Å². The summed E-state index contributed by atoms with van der Waals surface area (Å²) < 4.78 is 42.6. The third-order valence-corrected chi connectivity index (χ3v) is 3.06. The molecule has 100 valence electrons. The van der Waals surface area contributed by atoms with Crippen molar-refractivity contribution in [3.8, 4) is 0 Å². The van der Waals surface area contributed by atoms with E-state index >= 15 is 0 Å². The maximum Gasteiger partial charge on any atom is 0.165 e. The second-order valence-electron chi connectivity index (χ2n) is 6.82. The van der Waals surface area contributed by atoms with Crippen molar-refractivity contribution >= 4 is 13.3 Å². The topological polar surface area (TPSA) is 0 Å². The Balaban J connectivity index is 3.79. The first kappa shape index (κ1) is 15.1. The summed E-state index contributed by atoms with van der Waals surface area (Å²) in [5.74, 6) is -2.62. The van der Waals surface area contributed by atoms with Gasteiger partial charge in [0.2, 0.25) is 0 Å². The fourth-order valence-electron chi connectivity index (χ4n) is 2.33. The first-order valence-corrected chi connectivity index (χ1v) is 6.07. The van der Waals surface area contributed by atoms with Crippen molar-refractivity contribution in [2.75, 3.05) is 0 Å². The van der Waals surface area contributed by atoms with E-state index in [0.717, 1.165) is 0 Å². The highest BCUT2D eigenvalue weighted by molar-refractivity contribution is 6.33. The SMILES string of the molecule is Bc1c(F)c(C(C)(C)C)c(F)c(F)c1C(C)(C)C. The monoisotopic (exact) mass is 256 g/mol. The van der Waals surface area contributed by atoms with Crippen LogP contribution in [0.1, 0.15) is 52.7 Å². The zero-order valence-electron chi connectivity index (χ0n) is 12.1. The molecule has 0 aliphatic rings. The van der Waals surface area contributed by atoms with E-state index in [1.165, 1.54) is 7.85 Å². The Morgan fingerprint density at radius 2 is 1.00 bits per heavy atom. The van der Waals surface area contributed by atoms with Gasteiger partial charge in [-0.25, -0.2) is 13.2 Å². The van der Waals surface area contributed by atoms with E-state index in [4.69, 9.17) is 0 Å². The molecule has 0 bridgehead atoms. The smallest absolute Gasteiger partial charge is 0.165 e. The van der Waals surface area contributed by atoms with Crippen molar-refractivity contribution in [3.05, 3.63) is 28.6 Å². The molecule has 0 saturated heterocycles. The van der Waals surface area contributed by atoms with Crippen LogP contribution >= 0.6 is 0 Å². The molecule has 0 unspecified atom stereocenters. The molecule has 0 aliphatic carbocycles. The maximum atomic E-state index is 14.3. The van der Waals surface area contributed by atoms with Crippen LogP contribution < -0.4 is 5.46 Å². The molecule has 0 aromatic heterocycles. The van der Waals surface area contributed by atoms with Crippen molar-refractivity contribution in [3.63, 3.8) is 0 Å². The van der Waals surface area contributed by atoms with Crippen LogP contribution in [0.2, 0.25) is 0 Å². The maximum absolute atomic E-state index is 14.3. The highest BCUT2D eigenvalue weighted by atomic mass is 19.2. The van der Waals surface area contributed by atoms with E-state index in [9.17, 15) is 13.2 Å². The van der Waals surface area contributed by atoms with Gasteiger partial charge in [0.1, 0.15) is 13.7 Å². The number of rotatable bonds is 0. The van der Waals surface area contributed by atoms with Crippen LogP contribution in [-0.4, -0.2) is 7.85 Å². The molecule has 0 atom stereocenters. The zero-order valence-corrected chi connectivity index (χ0v) is 12.1. The van der Waals surface area contributed by atoms with Crippen molar-refractivity contribution in [1.29, 1.82) is 0 Å². The number of halogens is 3. The highest BCUT2D eigenvalue weighted by Gasteiger charge is 2.33. The molecule has 0 radical (unpaired) electrons. The fraction of sp³-hybridized carbons (Fsp3) is 0.571. The summed E-state index contributed by atoms with van der Waals surface area (Å²) in [6.45, 7) is 10.2. The molecule has 18 heavy (non-hydrogen) atoms. The minimum absolute atomic E-state index is 0.116. The number of benzene rings is 1. The van der Waals surface area contributed by atoms with Crippen LogP contribution in [0.4, 0.5) is 13.2 Å². The molecule has 0 saturated carbocycles. The summed E-state index contributed by atoms with van der Waals surface area (Å²) in [4.78, 5) is 0. The lowest BCUT2D eigenvalue weighted by Crippen LogP contribution is -2.33. The summed E-state index contributed by atoms with van der Waals surface area (Å²) in [6, 6.07) is 0. The van der Waals surface area contributed by atoms with Gasteiger partial charge in [0, 0.05) is 5.56 Å². The van der Waals surface area contributed by atoms with Crippen LogP contribution in [0.15, 0.2) is 0 Å². The quantitative estimate of drug-likeness (QED) is 0.494. The van der Waals surface area contributed by atoms with Gasteiger partial charge >= 0.3 is 0 Å². The van der Waals surface area contributed by atoms with Crippen molar-refractivity contribution < 1.29 is 13.2 Å². The standard InChI is InChI=1S/C14H20BF3/c1-13(2,3)7-9(15)10(16)8(14(4,5)6)12(18)11(7)17/h15H2,1-6H3. The predicted octanol–water partition coefficient (Wildman–Crippen LogP) is 2.96. The average molecular weight is 256 g/mol. The Bertz CT molecular complexity index is 405. The number of hydrogen-bond donors (Lipinski definition) is 0. The van der Waals surface area contributed by atoms with Crippen LogP contribution in [-0.2, 0) is 10.8 Å². The molecule has 1 rings (SSSR count). The van der Waals surface area contributed by atoms with E-state index in [1.54, 1.807) is 41.5 Å². The van der Waals surface area contributed by atoms with Crippen LogP contribution in [0.25, 0.3) is 0 Å². The van der Waals surface area contributed by atoms with Gasteiger partial charge in [0.05, 0.1) is 0 Å². The Kier molecular flexibility index (Phi) is 3.63. The molecule has 0 spiro atoms. The van der Waals surface area contributed by atoms with Crippen molar-refractivity contribution in [2.24, 2.45) is 0 Å². The second-order valence-corrected chi connectivity index (χ2v) is 6.82. The fourth-order valence-corrected chi connectivity index (χ4v) is 2.33. The summed E-state index contributed by atoms with van der Waals surface area (Å²) in [7, 11) is 1.51.